The zero-order valence-corrected chi connectivity index (χ0v) is 10.6. The van der Waals surface area contributed by atoms with Crippen LogP contribution in [0, 0.1) is 6.92 Å². The lowest BCUT2D eigenvalue weighted by molar-refractivity contribution is 0.721. The first-order chi connectivity index (χ1) is 8.16. The molecule has 2 heteroatoms. The molecule has 2 N–H and O–H groups in total. The van der Waals surface area contributed by atoms with Gasteiger partial charge in [-0.05, 0) is 30.5 Å². The van der Waals surface area contributed by atoms with Gasteiger partial charge in [0.05, 0.1) is 0 Å². The molecule has 0 fully saturated rings. The molecule has 0 aromatic heterocycles. The Morgan fingerprint density at radius 2 is 1.88 bits per heavy atom. The molecule has 0 saturated carbocycles. The quantitative estimate of drug-likeness (QED) is 0.872. The van der Waals surface area contributed by atoms with E-state index in [1.54, 1.807) is 0 Å². The molecular formula is C15H16ClN. The lowest BCUT2D eigenvalue weighted by Crippen LogP contribution is -2.13. The second-order valence-corrected chi connectivity index (χ2v) is 4.72. The van der Waals surface area contributed by atoms with Crippen molar-refractivity contribution in [1.82, 2.24) is 0 Å². The number of benzene rings is 2. The van der Waals surface area contributed by atoms with Gasteiger partial charge in [0, 0.05) is 11.1 Å². The second-order valence-electron chi connectivity index (χ2n) is 4.32. The van der Waals surface area contributed by atoms with E-state index in [1.807, 2.05) is 30.3 Å². The van der Waals surface area contributed by atoms with Crippen molar-refractivity contribution in [3.63, 3.8) is 0 Å². The van der Waals surface area contributed by atoms with Crippen LogP contribution in [0.15, 0.2) is 48.5 Å². The standard InChI is InChI=1S/C15H16ClN/c1-11-5-4-7-13(9-11)15(17)10-12-6-2-3-8-14(12)16/h2-9,15H,10,17H2,1H3. The summed E-state index contributed by atoms with van der Waals surface area (Å²) in [6, 6.07) is 16.2. The van der Waals surface area contributed by atoms with Crippen LogP contribution in [0.5, 0.6) is 0 Å². The predicted octanol–water partition coefficient (Wildman–Crippen LogP) is 3.89. The molecule has 0 radical (unpaired) electrons. The minimum atomic E-state index is -0.00481. The Bertz CT molecular complexity index is 508. The molecule has 17 heavy (non-hydrogen) atoms. The van der Waals surface area contributed by atoms with Gasteiger partial charge in [0.2, 0.25) is 0 Å². The van der Waals surface area contributed by atoms with Crippen LogP contribution in [0.4, 0.5) is 0 Å². The maximum Gasteiger partial charge on any atom is 0.0438 e. The summed E-state index contributed by atoms with van der Waals surface area (Å²) in [6.45, 7) is 2.08. The topological polar surface area (TPSA) is 26.0 Å². The van der Waals surface area contributed by atoms with E-state index in [9.17, 15) is 0 Å². The molecule has 1 unspecified atom stereocenters. The minimum Gasteiger partial charge on any atom is -0.324 e. The molecule has 88 valence electrons. The van der Waals surface area contributed by atoms with Gasteiger partial charge in [0.25, 0.3) is 0 Å². The van der Waals surface area contributed by atoms with Gasteiger partial charge in [0.15, 0.2) is 0 Å². The Hall–Kier alpha value is -1.31. The summed E-state index contributed by atoms with van der Waals surface area (Å²) in [5.74, 6) is 0. The summed E-state index contributed by atoms with van der Waals surface area (Å²) < 4.78 is 0. The molecule has 0 aliphatic rings. The van der Waals surface area contributed by atoms with E-state index < -0.39 is 0 Å². The average molecular weight is 246 g/mol. The van der Waals surface area contributed by atoms with Gasteiger partial charge in [-0.15, -0.1) is 0 Å². The summed E-state index contributed by atoms with van der Waals surface area (Å²) in [4.78, 5) is 0. The first-order valence-electron chi connectivity index (χ1n) is 5.72. The van der Waals surface area contributed by atoms with Crippen LogP contribution in [0.2, 0.25) is 5.02 Å². The van der Waals surface area contributed by atoms with Crippen LogP contribution < -0.4 is 5.73 Å². The lowest BCUT2D eigenvalue weighted by Gasteiger charge is -2.13. The molecule has 0 spiro atoms. The molecule has 0 amide bonds. The fraction of sp³-hybridized carbons (Fsp3) is 0.200. The van der Waals surface area contributed by atoms with Gasteiger partial charge in [-0.3, -0.25) is 0 Å². The van der Waals surface area contributed by atoms with Crippen molar-refractivity contribution in [3.05, 3.63) is 70.2 Å². The molecule has 2 aromatic rings. The highest BCUT2D eigenvalue weighted by Crippen LogP contribution is 2.22. The zero-order chi connectivity index (χ0) is 12.3. The number of hydrogen-bond acceptors (Lipinski definition) is 1. The molecule has 1 atom stereocenters. The molecule has 1 nitrogen and oxygen atoms in total. The van der Waals surface area contributed by atoms with Crippen LogP contribution in [0.1, 0.15) is 22.7 Å². The number of aryl methyl sites for hydroxylation is 1. The second kappa shape index (κ2) is 5.35. The molecule has 2 rings (SSSR count). The molecule has 0 heterocycles. The summed E-state index contributed by atoms with van der Waals surface area (Å²) in [7, 11) is 0. The van der Waals surface area contributed by atoms with Crippen LogP contribution >= 0.6 is 11.6 Å². The van der Waals surface area contributed by atoms with Crippen molar-refractivity contribution in [1.29, 1.82) is 0 Å². The van der Waals surface area contributed by atoms with Gasteiger partial charge in [-0.1, -0.05) is 59.6 Å². The van der Waals surface area contributed by atoms with Gasteiger partial charge < -0.3 is 5.73 Å². The Morgan fingerprint density at radius 3 is 2.59 bits per heavy atom. The third-order valence-electron chi connectivity index (χ3n) is 2.87. The van der Waals surface area contributed by atoms with Crippen molar-refractivity contribution in [2.45, 2.75) is 19.4 Å². The van der Waals surface area contributed by atoms with Gasteiger partial charge in [-0.2, -0.15) is 0 Å². The largest absolute Gasteiger partial charge is 0.324 e. The van der Waals surface area contributed by atoms with E-state index >= 15 is 0 Å². The molecule has 2 aromatic carbocycles. The fourth-order valence-electron chi connectivity index (χ4n) is 1.92. The zero-order valence-electron chi connectivity index (χ0n) is 9.86. The van der Waals surface area contributed by atoms with Crippen molar-refractivity contribution in [3.8, 4) is 0 Å². The Labute approximate surface area is 107 Å². The van der Waals surface area contributed by atoms with Gasteiger partial charge in [-0.25, -0.2) is 0 Å². The normalized spacial score (nSPS) is 12.4. The minimum absolute atomic E-state index is 0.00481. The third-order valence-corrected chi connectivity index (χ3v) is 3.24. The van der Waals surface area contributed by atoms with E-state index in [4.69, 9.17) is 17.3 Å². The third kappa shape index (κ3) is 3.09. The molecule has 0 bridgehead atoms. The van der Waals surface area contributed by atoms with E-state index in [1.165, 1.54) is 5.56 Å². The van der Waals surface area contributed by atoms with Crippen LogP contribution in [0.3, 0.4) is 0 Å². The van der Waals surface area contributed by atoms with Crippen molar-refractivity contribution in [2.75, 3.05) is 0 Å². The molecule has 0 saturated heterocycles. The highest BCUT2D eigenvalue weighted by atomic mass is 35.5. The fourth-order valence-corrected chi connectivity index (χ4v) is 2.13. The summed E-state index contributed by atoms with van der Waals surface area (Å²) >= 11 is 6.13. The average Bonchev–Trinajstić information content (AvgIpc) is 2.32. The number of hydrogen-bond donors (Lipinski definition) is 1. The van der Waals surface area contributed by atoms with Crippen LogP contribution in [0.25, 0.3) is 0 Å². The van der Waals surface area contributed by atoms with E-state index in [0.717, 1.165) is 22.6 Å². The highest BCUT2D eigenvalue weighted by Gasteiger charge is 2.09. The monoisotopic (exact) mass is 245 g/mol. The number of rotatable bonds is 3. The lowest BCUT2D eigenvalue weighted by atomic mass is 9.98. The molecular weight excluding hydrogens is 230 g/mol. The Balaban J connectivity index is 2.17. The van der Waals surface area contributed by atoms with Crippen LogP contribution in [-0.4, -0.2) is 0 Å². The molecule has 0 aliphatic carbocycles. The van der Waals surface area contributed by atoms with Crippen molar-refractivity contribution >= 4 is 11.6 Å². The number of halogens is 1. The van der Waals surface area contributed by atoms with Crippen molar-refractivity contribution in [2.24, 2.45) is 5.73 Å². The summed E-state index contributed by atoms with van der Waals surface area (Å²) in [6.07, 6.45) is 0.767. The molecule has 0 aliphatic heterocycles. The van der Waals surface area contributed by atoms with Gasteiger partial charge in [0.1, 0.15) is 0 Å². The maximum absolute atomic E-state index is 6.21. The smallest absolute Gasteiger partial charge is 0.0438 e. The number of nitrogens with two attached hydrogens (primary N) is 1. The van der Waals surface area contributed by atoms with E-state index in [0.29, 0.717) is 0 Å². The Morgan fingerprint density at radius 1 is 1.12 bits per heavy atom. The predicted molar refractivity (Wildman–Crippen MR) is 73.3 cm³/mol. The van der Waals surface area contributed by atoms with Crippen molar-refractivity contribution < 1.29 is 0 Å². The van der Waals surface area contributed by atoms with Gasteiger partial charge >= 0.3 is 0 Å². The first kappa shape index (κ1) is 12.2. The highest BCUT2D eigenvalue weighted by molar-refractivity contribution is 6.31. The Kier molecular flexibility index (Phi) is 3.82. The van der Waals surface area contributed by atoms with E-state index in [-0.39, 0.29) is 6.04 Å². The van der Waals surface area contributed by atoms with Crippen LogP contribution in [-0.2, 0) is 6.42 Å². The first-order valence-corrected chi connectivity index (χ1v) is 6.10. The van der Waals surface area contributed by atoms with E-state index in [2.05, 4.69) is 25.1 Å². The summed E-state index contributed by atoms with van der Waals surface area (Å²) in [5, 5.41) is 0.788. The SMILES string of the molecule is Cc1cccc(C(N)Cc2ccccc2Cl)c1. The maximum atomic E-state index is 6.21. The summed E-state index contributed by atoms with van der Waals surface area (Å²) in [5.41, 5.74) is 9.70.